The van der Waals surface area contributed by atoms with Crippen LogP contribution in [0.4, 0.5) is 0 Å². The third-order valence-electron chi connectivity index (χ3n) is 7.14. The average Bonchev–Trinajstić information content (AvgIpc) is 3.58. The number of ether oxygens (including phenoxy) is 5. The highest BCUT2D eigenvalue weighted by Gasteiger charge is 2.53. The zero-order valence-electron chi connectivity index (χ0n) is 19.7. The van der Waals surface area contributed by atoms with Crippen molar-refractivity contribution in [3.05, 3.63) is 41.5 Å². The third-order valence-corrected chi connectivity index (χ3v) is 7.14. The molecule has 2 saturated carbocycles. The van der Waals surface area contributed by atoms with Crippen molar-refractivity contribution >= 4 is 11.9 Å². The Kier molecular flexibility index (Phi) is 6.11. The van der Waals surface area contributed by atoms with Gasteiger partial charge in [-0.2, -0.15) is 0 Å². The van der Waals surface area contributed by atoms with Crippen molar-refractivity contribution in [1.82, 2.24) is 0 Å². The van der Waals surface area contributed by atoms with Crippen LogP contribution < -0.4 is 14.2 Å². The first-order valence-corrected chi connectivity index (χ1v) is 11.9. The number of esters is 2. The van der Waals surface area contributed by atoms with E-state index in [-0.39, 0.29) is 31.3 Å². The fourth-order valence-corrected chi connectivity index (χ4v) is 4.88. The molecule has 0 amide bonds. The van der Waals surface area contributed by atoms with Gasteiger partial charge in [-0.3, -0.25) is 4.79 Å². The number of fused-ring (bicyclic) bond motifs is 1. The number of carbonyl (C=O) groups excluding carboxylic acids is 2. The van der Waals surface area contributed by atoms with Crippen LogP contribution in [0.5, 0.6) is 17.2 Å². The molecule has 0 unspecified atom stereocenters. The average molecular weight is 467 g/mol. The Labute approximate surface area is 199 Å². The molecule has 7 nitrogen and oxygen atoms in total. The van der Waals surface area contributed by atoms with Gasteiger partial charge >= 0.3 is 11.9 Å². The van der Waals surface area contributed by atoms with E-state index in [0.29, 0.717) is 22.8 Å². The Morgan fingerprint density at radius 2 is 1.74 bits per heavy atom. The molecular formula is C27H30O7. The topological polar surface area (TPSA) is 80.3 Å². The smallest absolute Gasteiger partial charge is 0.338 e. The molecule has 0 spiro atoms. The van der Waals surface area contributed by atoms with Gasteiger partial charge in [0.2, 0.25) is 5.75 Å². The van der Waals surface area contributed by atoms with Gasteiger partial charge in [0.1, 0.15) is 24.7 Å². The summed E-state index contributed by atoms with van der Waals surface area (Å²) in [6, 6.07) is 9.21. The lowest BCUT2D eigenvalue weighted by Crippen LogP contribution is -2.30. The number of hydrogen-bond acceptors (Lipinski definition) is 7. The van der Waals surface area contributed by atoms with Crippen molar-refractivity contribution in [3.63, 3.8) is 0 Å². The molecule has 2 aliphatic carbocycles. The summed E-state index contributed by atoms with van der Waals surface area (Å²) in [4.78, 5) is 25.1. The van der Waals surface area contributed by atoms with E-state index >= 15 is 0 Å². The molecule has 2 aromatic rings. The van der Waals surface area contributed by atoms with Gasteiger partial charge in [0.05, 0.1) is 19.8 Å². The fourth-order valence-electron chi connectivity index (χ4n) is 4.88. The second kappa shape index (κ2) is 9.20. The minimum Gasteiger partial charge on any atom is -0.493 e. The van der Waals surface area contributed by atoms with Gasteiger partial charge in [-0.05, 0) is 62.3 Å². The minimum absolute atomic E-state index is 0.0186. The van der Waals surface area contributed by atoms with Crippen LogP contribution in [0.15, 0.2) is 30.3 Å². The van der Waals surface area contributed by atoms with Crippen molar-refractivity contribution < 1.29 is 33.3 Å². The number of methoxy groups -OCH3 is 2. The first-order valence-electron chi connectivity index (χ1n) is 11.9. The van der Waals surface area contributed by atoms with Crippen LogP contribution >= 0.6 is 0 Å². The predicted octanol–water partition coefficient (Wildman–Crippen LogP) is 5.08. The van der Waals surface area contributed by atoms with Gasteiger partial charge in [0.15, 0.2) is 11.5 Å². The van der Waals surface area contributed by atoms with Gasteiger partial charge in [-0.1, -0.05) is 18.6 Å². The highest BCUT2D eigenvalue weighted by molar-refractivity contribution is 5.96. The fraction of sp³-hybridized carbons (Fsp3) is 0.481. The maximum absolute atomic E-state index is 13.0. The highest BCUT2D eigenvalue weighted by atomic mass is 16.6. The second-order valence-electron chi connectivity index (χ2n) is 9.32. The molecule has 3 aliphatic rings. The molecule has 0 atom stereocenters. The van der Waals surface area contributed by atoms with E-state index in [4.69, 9.17) is 23.7 Å². The molecule has 0 radical (unpaired) electrons. The molecule has 0 bridgehead atoms. The number of rotatable bonds is 8. The van der Waals surface area contributed by atoms with E-state index in [1.165, 1.54) is 6.42 Å². The second-order valence-corrected chi connectivity index (χ2v) is 9.32. The normalized spacial score (nSPS) is 18.6. The van der Waals surface area contributed by atoms with Gasteiger partial charge < -0.3 is 23.7 Å². The van der Waals surface area contributed by atoms with E-state index in [1.807, 2.05) is 24.3 Å². The largest absolute Gasteiger partial charge is 0.493 e. The monoisotopic (exact) mass is 466 g/mol. The van der Waals surface area contributed by atoms with E-state index in [0.717, 1.165) is 55.2 Å². The Balaban J connectivity index is 1.44. The molecule has 180 valence electrons. The van der Waals surface area contributed by atoms with Gasteiger partial charge in [-0.15, -0.1) is 0 Å². The molecule has 0 saturated heterocycles. The molecule has 7 heteroatoms. The molecule has 0 aromatic heterocycles. The first kappa shape index (κ1) is 22.6. The molecule has 0 N–H and O–H groups in total. The van der Waals surface area contributed by atoms with Crippen molar-refractivity contribution in [3.8, 4) is 28.4 Å². The molecule has 1 aliphatic heterocycles. The molecule has 2 fully saturated rings. The zero-order valence-corrected chi connectivity index (χ0v) is 19.7. The summed E-state index contributed by atoms with van der Waals surface area (Å²) in [6.45, 7) is 0.398. The Hall–Kier alpha value is -3.22. The van der Waals surface area contributed by atoms with E-state index in [9.17, 15) is 9.59 Å². The molecule has 5 rings (SSSR count). The van der Waals surface area contributed by atoms with E-state index < -0.39 is 5.41 Å². The lowest BCUT2D eigenvalue weighted by atomic mass is 9.95. The summed E-state index contributed by atoms with van der Waals surface area (Å²) in [6.07, 6.45) is 6.81. The van der Waals surface area contributed by atoms with Crippen LogP contribution in [0.3, 0.4) is 0 Å². The molecule has 2 aromatic carbocycles. The summed E-state index contributed by atoms with van der Waals surface area (Å²) in [5.74, 6) is 0.950. The van der Waals surface area contributed by atoms with Gasteiger partial charge in [0, 0.05) is 11.1 Å². The van der Waals surface area contributed by atoms with E-state index in [2.05, 4.69) is 0 Å². The predicted molar refractivity (Wildman–Crippen MR) is 124 cm³/mol. The highest BCUT2D eigenvalue weighted by Crippen LogP contribution is 2.51. The molecule has 34 heavy (non-hydrogen) atoms. The quantitative estimate of drug-likeness (QED) is 0.502. The Morgan fingerprint density at radius 1 is 0.971 bits per heavy atom. The SMILES string of the molecule is COc1ccc(-c2cccc3c2COC3=O)c(OCC2(C(=O)OC3CCCCC3)CC2)c1OC. The Morgan fingerprint density at radius 3 is 2.44 bits per heavy atom. The van der Waals surface area contributed by atoms with Crippen molar-refractivity contribution in [2.24, 2.45) is 5.41 Å². The molecular weight excluding hydrogens is 436 g/mol. The minimum atomic E-state index is -0.624. The first-order chi connectivity index (χ1) is 16.6. The maximum Gasteiger partial charge on any atom is 0.338 e. The van der Waals surface area contributed by atoms with Crippen molar-refractivity contribution in [2.75, 3.05) is 20.8 Å². The summed E-state index contributed by atoms with van der Waals surface area (Å²) in [5.41, 5.74) is 2.31. The van der Waals surface area contributed by atoms with Crippen LogP contribution in [-0.4, -0.2) is 38.9 Å². The van der Waals surface area contributed by atoms with Crippen molar-refractivity contribution in [1.29, 1.82) is 0 Å². The van der Waals surface area contributed by atoms with Crippen LogP contribution in [-0.2, 0) is 20.9 Å². The third kappa shape index (κ3) is 4.08. The van der Waals surface area contributed by atoms with Crippen LogP contribution in [0.1, 0.15) is 60.9 Å². The number of hydrogen-bond donors (Lipinski definition) is 0. The number of carbonyl (C=O) groups is 2. The van der Waals surface area contributed by atoms with Crippen LogP contribution in [0, 0.1) is 5.41 Å². The summed E-state index contributed by atoms with van der Waals surface area (Å²) in [5, 5.41) is 0. The maximum atomic E-state index is 13.0. The van der Waals surface area contributed by atoms with Crippen molar-refractivity contribution in [2.45, 2.75) is 57.7 Å². The number of cyclic esters (lactones) is 1. The van der Waals surface area contributed by atoms with Gasteiger partial charge in [0.25, 0.3) is 0 Å². The van der Waals surface area contributed by atoms with Gasteiger partial charge in [-0.25, -0.2) is 4.79 Å². The van der Waals surface area contributed by atoms with Crippen LogP contribution in [0.2, 0.25) is 0 Å². The zero-order chi connectivity index (χ0) is 23.7. The standard InChI is InChI=1S/C27H30O7/c1-30-22-12-11-19(18-9-6-10-20-21(18)15-32-25(20)28)23(24(22)31-2)33-16-27(13-14-27)26(29)34-17-7-4-3-5-8-17/h6,9-12,17H,3-5,7-8,13-16H2,1-2H3. The van der Waals surface area contributed by atoms with Crippen LogP contribution in [0.25, 0.3) is 11.1 Å². The molecule has 1 heterocycles. The van der Waals surface area contributed by atoms with E-state index in [1.54, 1.807) is 20.3 Å². The summed E-state index contributed by atoms with van der Waals surface area (Å²) in [7, 11) is 3.12. The lowest BCUT2D eigenvalue weighted by Gasteiger charge is -2.25. The Bertz CT molecular complexity index is 1100. The summed E-state index contributed by atoms with van der Waals surface area (Å²) >= 11 is 0. The lowest BCUT2D eigenvalue weighted by molar-refractivity contribution is -0.158. The summed E-state index contributed by atoms with van der Waals surface area (Å²) < 4.78 is 28.6. The number of benzene rings is 2.